The van der Waals surface area contributed by atoms with Crippen LogP contribution in [0, 0.1) is 0 Å². The number of hydrogen-bond acceptors (Lipinski definition) is 5. The Morgan fingerprint density at radius 1 is 1.17 bits per heavy atom. The molecule has 120 valence electrons. The molecule has 2 rings (SSSR count). The molecule has 0 bridgehead atoms. The number of para-hydroxylation sites is 1. The van der Waals surface area contributed by atoms with Crippen molar-refractivity contribution in [2.45, 2.75) is 13.8 Å². The summed E-state index contributed by atoms with van der Waals surface area (Å²) in [6, 6.07) is 10.7. The molecule has 0 aliphatic heterocycles. The second-order valence-corrected chi connectivity index (χ2v) is 5.73. The van der Waals surface area contributed by atoms with Crippen molar-refractivity contribution in [3.8, 4) is 5.75 Å². The van der Waals surface area contributed by atoms with E-state index in [-0.39, 0.29) is 18.4 Å². The van der Waals surface area contributed by atoms with Crippen LogP contribution in [0.1, 0.15) is 24.2 Å². The van der Waals surface area contributed by atoms with Gasteiger partial charge in [-0.3, -0.25) is 9.59 Å². The van der Waals surface area contributed by atoms with Crippen molar-refractivity contribution in [3.05, 3.63) is 47.3 Å². The Morgan fingerprint density at radius 3 is 2.61 bits per heavy atom. The fraction of sp³-hybridized carbons (Fsp3) is 0.188. The molecule has 0 unspecified atom stereocenters. The summed E-state index contributed by atoms with van der Waals surface area (Å²) in [4.78, 5) is 23.9. The van der Waals surface area contributed by atoms with Gasteiger partial charge in [0.25, 0.3) is 11.8 Å². The summed E-state index contributed by atoms with van der Waals surface area (Å²) in [7, 11) is 0. The van der Waals surface area contributed by atoms with Crippen LogP contribution in [0.2, 0.25) is 0 Å². The van der Waals surface area contributed by atoms with Crippen molar-refractivity contribution in [3.63, 3.8) is 0 Å². The van der Waals surface area contributed by atoms with Crippen LogP contribution < -0.4 is 15.5 Å². The maximum absolute atomic E-state index is 12.0. The Labute approximate surface area is 138 Å². The third kappa shape index (κ3) is 5.23. The summed E-state index contributed by atoms with van der Waals surface area (Å²) in [5.74, 6) is -0.0909. The topological polar surface area (TPSA) is 79.8 Å². The van der Waals surface area contributed by atoms with Gasteiger partial charge in [-0.05, 0) is 37.4 Å². The number of benzene rings is 1. The van der Waals surface area contributed by atoms with Crippen molar-refractivity contribution in [1.29, 1.82) is 0 Å². The van der Waals surface area contributed by atoms with E-state index in [1.165, 1.54) is 11.3 Å². The van der Waals surface area contributed by atoms with E-state index in [2.05, 4.69) is 15.8 Å². The average molecular weight is 331 g/mol. The average Bonchev–Trinajstić information content (AvgIpc) is 2.99. The van der Waals surface area contributed by atoms with Crippen molar-refractivity contribution in [2.75, 3.05) is 11.9 Å². The summed E-state index contributed by atoms with van der Waals surface area (Å²) in [6.07, 6.45) is 0. The predicted molar refractivity (Wildman–Crippen MR) is 91.1 cm³/mol. The summed E-state index contributed by atoms with van der Waals surface area (Å²) in [5, 5.41) is 8.73. The lowest BCUT2D eigenvalue weighted by Gasteiger charge is -2.07. The van der Waals surface area contributed by atoms with Gasteiger partial charge >= 0.3 is 0 Å². The number of rotatable bonds is 6. The zero-order valence-corrected chi connectivity index (χ0v) is 13.6. The van der Waals surface area contributed by atoms with Gasteiger partial charge in [0.15, 0.2) is 6.61 Å². The van der Waals surface area contributed by atoms with E-state index in [0.717, 1.165) is 5.71 Å². The van der Waals surface area contributed by atoms with Gasteiger partial charge in [-0.2, -0.15) is 5.10 Å². The first-order valence-corrected chi connectivity index (χ1v) is 7.80. The quantitative estimate of drug-likeness (QED) is 0.631. The summed E-state index contributed by atoms with van der Waals surface area (Å²) >= 11 is 1.27. The highest BCUT2D eigenvalue weighted by atomic mass is 32.1. The van der Waals surface area contributed by atoms with Gasteiger partial charge in [-0.15, -0.1) is 11.3 Å². The normalized spacial score (nSPS) is 9.83. The second-order valence-electron chi connectivity index (χ2n) is 4.81. The molecule has 0 saturated heterocycles. The largest absolute Gasteiger partial charge is 0.484 e. The standard InChI is InChI=1S/C16H17N3O3S/c1-11(2)18-19-15(21)13-8-9-23-16(13)17-14(20)10-22-12-6-4-3-5-7-12/h3-9H,10H2,1-2H3,(H,17,20)(H,19,21). The molecule has 0 aliphatic rings. The van der Waals surface area contributed by atoms with Crippen LogP contribution in [0.4, 0.5) is 5.00 Å². The molecule has 2 N–H and O–H groups in total. The van der Waals surface area contributed by atoms with Gasteiger partial charge in [-0.1, -0.05) is 18.2 Å². The molecule has 23 heavy (non-hydrogen) atoms. The fourth-order valence-corrected chi connectivity index (χ4v) is 2.44. The third-order valence-electron chi connectivity index (χ3n) is 2.66. The number of nitrogens with one attached hydrogen (secondary N) is 2. The number of hydrogen-bond donors (Lipinski definition) is 2. The van der Waals surface area contributed by atoms with Crippen LogP contribution in [-0.4, -0.2) is 24.1 Å². The number of hydrazone groups is 1. The highest BCUT2D eigenvalue weighted by Crippen LogP contribution is 2.23. The van der Waals surface area contributed by atoms with Crippen LogP contribution in [-0.2, 0) is 4.79 Å². The minimum Gasteiger partial charge on any atom is -0.484 e. The minimum atomic E-state index is -0.369. The van der Waals surface area contributed by atoms with E-state index in [1.807, 2.05) is 18.2 Å². The number of carbonyl (C=O) groups is 2. The maximum Gasteiger partial charge on any atom is 0.274 e. The molecule has 0 fully saturated rings. The molecule has 2 aromatic rings. The van der Waals surface area contributed by atoms with Crippen LogP contribution in [0.3, 0.4) is 0 Å². The minimum absolute atomic E-state index is 0.130. The number of carbonyl (C=O) groups excluding carboxylic acids is 2. The van der Waals surface area contributed by atoms with Crippen LogP contribution >= 0.6 is 11.3 Å². The molecular formula is C16H17N3O3S. The zero-order valence-electron chi connectivity index (χ0n) is 12.8. The molecule has 1 heterocycles. The van der Waals surface area contributed by atoms with E-state index < -0.39 is 0 Å². The maximum atomic E-state index is 12.0. The van der Waals surface area contributed by atoms with E-state index in [1.54, 1.807) is 37.4 Å². The van der Waals surface area contributed by atoms with Gasteiger partial charge < -0.3 is 10.1 Å². The molecule has 0 spiro atoms. The number of amides is 2. The molecular weight excluding hydrogens is 314 g/mol. The second kappa shape index (κ2) is 8.09. The lowest BCUT2D eigenvalue weighted by Crippen LogP contribution is -2.23. The number of ether oxygens (including phenoxy) is 1. The molecule has 0 aliphatic carbocycles. The predicted octanol–water partition coefficient (Wildman–Crippen LogP) is 2.89. The molecule has 1 aromatic carbocycles. The SMILES string of the molecule is CC(C)=NNC(=O)c1ccsc1NC(=O)COc1ccccc1. The van der Waals surface area contributed by atoms with E-state index in [4.69, 9.17) is 4.74 Å². The summed E-state index contributed by atoms with van der Waals surface area (Å²) < 4.78 is 5.37. The Hall–Kier alpha value is -2.67. The Bertz CT molecular complexity index is 706. The fourth-order valence-electron chi connectivity index (χ4n) is 1.64. The molecule has 0 radical (unpaired) electrons. The first kappa shape index (κ1) is 16.7. The zero-order chi connectivity index (χ0) is 16.7. The molecule has 7 heteroatoms. The molecule has 2 amide bonds. The van der Waals surface area contributed by atoms with Crippen LogP contribution in [0.25, 0.3) is 0 Å². The van der Waals surface area contributed by atoms with Crippen molar-refractivity contribution in [2.24, 2.45) is 5.10 Å². The third-order valence-corrected chi connectivity index (χ3v) is 3.49. The summed E-state index contributed by atoms with van der Waals surface area (Å²) in [5.41, 5.74) is 3.53. The number of thiophene rings is 1. The van der Waals surface area contributed by atoms with E-state index in [0.29, 0.717) is 16.3 Å². The smallest absolute Gasteiger partial charge is 0.274 e. The number of anilines is 1. The van der Waals surface area contributed by atoms with Gasteiger partial charge in [0.05, 0.1) is 5.56 Å². The highest BCUT2D eigenvalue weighted by molar-refractivity contribution is 7.14. The molecule has 1 aromatic heterocycles. The Kier molecular flexibility index (Phi) is 5.87. The Morgan fingerprint density at radius 2 is 1.91 bits per heavy atom. The molecule has 0 atom stereocenters. The molecule has 0 saturated carbocycles. The first-order chi connectivity index (χ1) is 11.1. The van der Waals surface area contributed by atoms with Crippen molar-refractivity contribution < 1.29 is 14.3 Å². The van der Waals surface area contributed by atoms with Crippen molar-refractivity contribution >= 4 is 33.9 Å². The van der Waals surface area contributed by atoms with E-state index >= 15 is 0 Å². The van der Waals surface area contributed by atoms with Gasteiger partial charge in [0.2, 0.25) is 0 Å². The monoisotopic (exact) mass is 331 g/mol. The summed E-state index contributed by atoms with van der Waals surface area (Å²) in [6.45, 7) is 3.42. The van der Waals surface area contributed by atoms with Crippen LogP contribution in [0.5, 0.6) is 5.75 Å². The lowest BCUT2D eigenvalue weighted by molar-refractivity contribution is -0.118. The Balaban J connectivity index is 1.93. The van der Waals surface area contributed by atoms with Gasteiger partial charge in [-0.25, -0.2) is 5.43 Å². The van der Waals surface area contributed by atoms with Crippen molar-refractivity contribution in [1.82, 2.24) is 5.43 Å². The first-order valence-electron chi connectivity index (χ1n) is 6.92. The molecule has 6 nitrogen and oxygen atoms in total. The van der Waals surface area contributed by atoms with Gasteiger partial charge in [0.1, 0.15) is 10.8 Å². The van der Waals surface area contributed by atoms with E-state index in [9.17, 15) is 9.59 Å². The van der Waals surface area contributed by atoms with Gasteiger partial charge in [0, 0.05) is 5.71 Å². The highest BCUT2D eigenvalue weighted by Gasteiger charge is 2.15. The lowest BCUT2D eigenvalue weighted by atomic mass is 10.3. The number of nitrogens with zero attached hydrogens (tertiary/aromatic N) is 1. The van der Waals surface area contributed by atoms with Crippen LogP contribution in [0.15, 0.2) is 46.9 Å².